The molecule has 0 aliphatic carbocycles. The molecule has 2 aromatic heterocycles. The Bertz CT molecular complexity index is 468. The molecule has 0 unspecified atom stereocenters. The quantitative estimate of drug-likeness (QED) is 0.578. The summed E-state index contributed by atoms with van der Waals surface area (Å²) in [5, 5.41) is 4.26. The summed E-state index contributed by atoms with van der Waals surface area (Å²) in [6, 6.07) is 3.35. The molecule has 0 aliphatic rings. The molecule has 0 amide bonds. The van der Waals surface area contributed by atoms with Gasteiger partial charge < -0.3 is 4.85 Å². The molecule has 0 spiro atoms. The zero-order valence-corrected chi connectivity index (χ0v) is 6.65. The third-order valence-electron chi connectivity index (χ3n) is 1.43. The lowest BCUT2D eigenvalue weighted by Crippen LogP contribution is -1.89. The summed E-state index contributed by atoms with van der Waals surface area (Å²) in [5.41, 5.74) is 0.630. The first-order valence-corrected chi connectivity index (χ1v) is 3.57. The van der Waals surface area contributed by atoms with E-state index in [2.05, 4.69) is 14.9 Å². The molecule has 2 rings (SSSR count). The first kappa shape index (κ1) is 7.07. The third kappa shape index (κ3) is 0.917. The fraction of sp³-hybridized carbons (Fsp3) is 0. The second-order valence-corrected chi connectivity index (χ2v) is 2.54. The summed E-state index contributed by atoms with van der Waals surface area (Å²) in [6.45, 7) is 6.79. The van der Waals surface area contributed by atoms with E-state index in [9.17, 15) is 0 Å². The highest BCUT2D eigenvalue weighted by Crippen LogP contribution is 2.14. The maximum atomic E-state index is 6.79. The van der Waals surface area contributed by atoms with Gasteiger partial charge in [-0.15, -0.1) is 4.52 Å². The van der Waals surface area contributed by atoms with Gasteiger partial charge in [-0.3, -0.25) is 0 Å². The minimum Gasteiger partial charge on any atom is -0.360 e. The lowest BCUT2D eigenvalue weighted by molar-refractivity contribution is 0.951. The summed E-state index contributed by atoms with van der Waals surface area (Å²) in [6.07, 6.45) is 1.46. The van der Waals surface area contributed by atoms with E-state index in [4.69, 9.17) is 18.2 Å². The Morgan fingerprint density at radius 2 is 2.33 bits per heavy atom. The summed E-state index contributed by atoms with van der Waals surface area (Å²) >= 11 is 5.64. The highest BCUT2D eigenvalue weighted by Gasteiger charge is 2.05. The molecule has 58 valence electrons. The van der Waals surface area contributed by atoms with Crippen molar-refractivity contribution in [3.05, 3.63) is 34.9 Å². The van der Waals surface area contributed by atoms with Crippen molar-refractivity contribution in [1.82, 2.24) is 14.6 Å². The second kappa shape index (κ2) is 2.47. The topological polar surface area (TPSA) is 34.5 Å². The molecule has 0 saturated heterocycles. The zero-order valence-electron chi connectivity index (χ0n) is 5.90. The van der Waals surface area contributed by atoms with Crippen LogP contribution in [0.2, 0.25) is 5.15 Å². The van der Waals surface area contributed by atoms with Gasteiger partial charge in [0.25, 0.3) is 5.82 Å². The van der Waals surface area contributed by atoms with Crippen molar-refractivity contribution >= 4 is 23.1 Å². The first-order chi connectivity index (χ1) is 5.81. The van der Waals surface area contributed by atoms with Gasteiger partial charge in [0.1, 0.15) is 0 Å². The van der Waals surface area contributed by atoms with E-state index in [0.717, 1.165) is 0 Å². The molecule has 0 saturated carbocycles. The maximum absolute atomic E-state index is 6.79. The van der Waals surface area contributed by atoms with Crippen LogP contribution in [0.5, 0.6) is 0 Å². The van der Waals surface area contributed by atoms with E-state index in [-0.39, 0.29) is 0 Å². The zero-order chi connectivity index (χ0) is 8.55. The summed E-state index contributed by atoms with van der Waals surface area (Å²) < 4.78 is 1.41. The largest absolute Gasteiger partial charge is 0.360 e. The Kier molecular flexibility index (Phi) is 1.45. The van der Waals surface area contributed by atoms with E-state index < -0.39 is 0 Å². The fourth-order valence-corrected chi connectivity index (χ4v) is 1.05. The number of rotatable bonds is 0. The molecule has 2 aromatic rings. The van der Waals surface area contributed by atoms with E-state index in [0.29, 0.717) is 16.6 Å². The Labute approximate surface area is 73.2 Å². The SMILES string of the molecule is [C-]#[N+]c1cnc2ccc(Cl)nn12. The molecule has 4 nitrogen and oxygen atoms in total. The van der Waals surface area contributed by atoms with E-state index in [1.807, 2.05) is 0 Å². The van der Waals surface area contributed by atoms with E-state index in [1.165, 1.54) is 10.7 Å². The van der Waals surface area contributed by atoms with Gasteiger partial charge in [-0.2, -0.15) is 0 Å². The maximum Gasteiger partial charge on any atom is 0.275 e. The van der Waals surface area contributed by atoms with Gasteiger partial charge >= 0.3 is 0 Å². The van der Waals surface area contributed by atoms with E-state index >= 15 is 0 Å². The van der Waals surface area contributed by atoms with Crippen molar-refractivity contribution in [2.45, 2.75) is 0 Å². The highest BCUT2D eigenvalue weighted by atomic mass is 35.5. The van der Waals surface area contributed by atoms with Crippen LogP contribution in [-0.2, 0) is 0 Å². The minimum absolute atomic E-state index is 0.352. The van der Waals surface area contributed by atoms with Crippen LogP contribution >= 0.6 is 11.6 Å². The molecule has 0 N–H and O–H groups in total. The Morgan fingerprint density at radius 3 is 3.08 bits per heavy atom. The van der Waals surface area contributed by atoms with Gasteiger partial charge in [-0.25, -0.2) is 4.98 Å². The predicted molar refractivity (Wildman–Crippen MR) is 44.3 cm³/mol. The van der Waals surface area contributed by atoms with Gasteiger partial charge in [0, 0.05) is 6.07 Å². The first-order valence-electron chi connectivity index (χ1n) is 3.19. The smallest absolute Gasteiger partial charge is 0.275 e. The fourth-order valence-electron chi connectivity index (χ4n) is 0.915. The third-order valence-corrected chi connectivity index (χ3v) is 1.63. The monoisotopic (exact) mass is 178 g/mol. The molecule has 5 heteroatoms. The number of hydrogen-bond acceptors (Lipinski definition) is 2. The van der Waals surface area contributed by atoms with Crippen LogP contribution in [-0.4, -0.2) is 14.6 Å². The van der Waals surface area contributed by atoms with Crippen molar-refractivity contribution in [2.24, 2.45) is 0 Å². The average molecular weight is 179 g/mol. The van der Waals surface area contributed by atoms with Crippen molar-refractivity contribution < 1.29 is 0 Å². The summed E-state index contributed by atoms with van der Waals surface area (Å²) in [5.74, 6) is 0.368. The van der Waals surface area contributed by atoms with Crippen LogP contribution in [0.4, 0.5) is 5.82 Å². The molecule has 0 aliphatic heterocycles. The van der Waals surface area contributed by atoms with Crippen LogP contribution in [0.15, 0.2) is 18.3 Å². The number of nitrogens with zero attached hydrogens (tertiary/aromatic N) is 4. The Hall–Kier alpha value is -1.60. The van der Waals surface area contributed by atoms with Gasteiger partial charge in [-0.1, -0.05) is 23.3 Å². The highest BCUT2D eigenvalue weighted by molar-refractivity contribution is 6.29. The van der Waals surface area contributed by atoms with Crippen molar-refractivity contribution in [3.8, 4) is 0 Å². The van der Waals surface area contributed by atoms with Crippen LogP contribution in [0.1, 0.15) is 0 Å². The van der Waals surface area contributed by atoms with E-state index in [1.54, 1.807) is 12.1 Å². The standard InChI is InChI=1S/C7H3ClN4/c1-9-7-4-10-6-3-2-5(8)11-12(6)7/h2-4H. The average Bonchev–Trinajstić information content (AvgIpc) is 2.46. The molecule has 12 heavy (non-hydrogen) atoms. The molecular formula is C7H3ClN4. The van der Waals surface area contributed by atoms with Crippen molar-refractivity contribution in [1.29, 1.82) is 0 Å². The summed E-state index contributed by atoms with van der Waals surface area (Å²) in [7, 11) is 0. The Balaban J connectivity index is 2.86. The molecule has 0 atom stereocenters. The second-order valence-electron chi connectivity index (χ2n) is 2.15. The van der Waals surface area contributed by atoms with Crippen molar-refractivity contribution in [2.75, 3.05) is 0 Å². The number of imidazole rings is 1. The molecule has 0 bridgehead atoms. The van der Waals surface area contributed by atoms with Crippen molar-refractivity contribution in [3.63, 3.8) is 0 Å². The lowest BCUT2D eigenvalue weighted by atomic mass is 10.6. The van der Waals surface area contributed by atoms with Crippen LogP contribution in [0.25, 0.3) is 10.5 Å². The lowest BCUT2D eigenvalue weighted by Gasteiger charge is -1.89. The molecule has 0 aromatic carbocycles. The van der Waals surface area contributed by atoms with Crippen LogP contribution in [0.3, 0.4) is 0 Å². The number of halogens is 1. The molecule has 2 heterocycles. The number of hydrogen-bond donors (Lipinski definition) is 0. The van der Waals surface area contributed by atoms with Crippen LogP contribution < -0.4 is 0 Å². The van der Waals surface area contributed by atoms with Gasteiger partial charge in [0.2, 0.25) is 5.65 Å². The Morgan fingerprint density at radius 1 is 1.50 bits per heavy atom. The molecule has 0 radical (unpaired) electrons. The van der Waals surface area contributed by atoms with Crippen LogP contribution in [0, 0.1) is 6.57 Å². The van der Waals surface area contributed by atoms with Gasteiger partial charge in [-0.05, 0) is 6.07 Å². The summed E-state index contributed by atoms with van der Waals surface area (Å²) in [4.78, 5) is 7.19. The molecular weight excluding hydrogens is 176 g/mol. The minimum atomic E-state index is 0.352. The number of fused-ring (bicyclic) bond motifs is 1. The predicted octanol–water partition coefficient (Wildman–Crippen LogP) is 1.93. The normalized spacial score (nSPS) is 10.0. The number of aromatic nitrogens is 3. The molecule has 0 fully saturated rings. The van der Waals surface area contributed by atoms with Gasteiger partial charge in [0.15, 0.2) is 5.15 Å². The van der Waals surface area contributed by atoms with Gasteiger partial charge in [0.05, 0.1) is 6.20 Å².